The first kappa shape index (κ1) is 6.53. The van der Waals surface area contributed by atoms with Gasteiger partial charge in [-0.2, -0.15) is 5.10 Å². The second kappa shape index (κ2) is 2.81. The van der Waals surface area contributed by atoms with E-state index in [9.17, 15) is 4.79 Å². The maximum Gasteiger partial charge on any atom is 0.404 e. The molecule has 0 aliphatic heterocycles. The van der Waals surface area contributed by atoms with Crippen molar-refractivity contribution in [1.29, 1.82) is 0 Å². The number of hydrogen-bond acceptors (Lipinski definition) is 4. The molecule has 0 aliphatic rings. The molecule has 6 nitrogen and oxygen atoms in total. The van der Waals surface area contributed by atoms with Gasteiger partial charge in [-0.05, 0) is 0 Å². The minimum absolute atomic E-state index is 0.0370. The molecule has 0 spiro atoms. The number of nitrogens with two attached hydrogens (primary N) is 1. The van der Waals surface area contributed by atoms with Gasteiger partial charge >= 0.3 is 6.09 Å². The van der Waals surface area contributed by atoms with Gasteiger partial charge in [-0.3, -0.25) is 5.10 Å². The third-order valence-corrected chi connectivity index (χ3v) is 0.816. The van der Waals surface area contributed by atoms with Crippen LogP contribution in [-0.2, 0) is 11.3 Å². The molecule has 3 N–H and O–H groups in total. The summed E-state index contributed by atoms with van der Waals surface area (Å²) in [5.74, 6) is 0.471. The molecule has 6 heteroatoms. The molecule has 1 heterocycles. The minimum atomic E-state index is -0.823. The van der Waals surface area contributed by atoms with E-state index in [1.54, 1.807) is 0 Å². The Morgan fingerprint density at radius 3 is 3.20 bits per heavy atom. The third kappa shape index (κ3) is 1.73. The number of hydrogen-bond donors (Lipinski definition) is 2. The van der Waals surface area contributed by atoms with Crippen LogP contribution >= 0.6 is 0 Å². The zero-order chi connectivity index (χ0) is 7.40. The normalized spacial score (nSPS) is 9.20. The smallest absolute Gasteiger partial charge is 0.404 e. The summed E-state index contributed by atoms with van der Waals surface area (Å²) < 4.78 is 4.39. The highest BCUT2D eigenvalue weighted by Crippen LogP contribution is 1.87. The van der Waals surface area contributed by atoms with Crippen LogP contribution in [0.25, 0.3) is 0 Å². The van der Waals surface area contributed by atoms with Gasteiger partial charge in [0.2, 0.25) is 0 Å². The monoisotopic (exact) mass is 142 g/mol. The molecule has 1 aromatic heterocycles. The average molecular weight is 142 g/mol. The Balaban J connectivity index is 2.35. The lowest BCUT2D eigenvalue weighted by Crippen LogP contribution is -2.13. The number of nitrogens with zero attached hydrogens (tertiary/aromatic N) is 2. The lowest BCUT2D eigenvalue weighted by Gasteiger charge is -1.94. The van der Waals surface area contributed by atoms with Crippen molar-refractivity contribution in [1.82, 2.24) is 15.2 Å². The van der Waals surface area contributed by atoms with Crippen molar-refractivity contribution in [3.8, 4) is 0 Å². The molecule has 10 heavy (non-hydrogen) atoms. The predicted molar refractivity (Wildman–Crippen MR) is 30.8 cm³/mol. The first-order valence-electron chi connectivity index (χ1n) is 2.55. The van der Waals surface area contributed by atoms with Crippen LogP contribution in [-0.4, -0.2) is 21.3 Å². The molecule has 0 aromatic carbocycles. The van der Waals surface area contributed by atoms with Crippen molar-refractivity contribution < 1.29 is 9.53 Å². The van der Waals surface area contributed by atoms with Crippen molar-refractivity contribution in [2.45, 2.75) is 6.61 Å². The fraction of sp³-hybridized carbons (Fsp3) is 0.250. The molecule has 1 rings (SSSR count). The van der Waals surface area contributed by atoms with Crippen molar-refractivity contribution in [3.63, 3.8) is 0 Å². The number of amides is 1. The van der Waals surface area contributed by atoms with E-state index in [4.69, 9.17) is 0 Å². The second-order valence-electron chi connectivity index (χ2n) is 1.54. The Labute approximate surface area is 56.4 Å². The number of H-pyrrole nitrogens is 1. The van der Waals surface area contributed by atoms with E-state index in [0.717, 1.165) is 0 Å². The number of nitrogens with one attached hydrogen (secondary N) is 1. The first-order valence-corrected chi connectivity index (χ1v) is 2.55. The summed E-state index contributed by atoms with van der Waals surface area (Å²) in [6, 6.07) is 0. The number of primary amides is 1. The van der Waals surface area contributed by atoms with Crippen LogP contribution in [0, 0.1) is 0 Å². The zero-order valence-electron chi connectivity index (χ0n) is 5.07. The van der Waals surface area contributed by atoms with Crippen LogP contribution < -0.4 is 5.73 Å². The largest absolute Gasteiger partial charge is 0.441 e. The Morgan fingerprint density at radius 2 is 2.70 bits per heavy atom. The first-order chi connectivity index (χ1) is 4.79. The SMILES string of the molecule is NC(=O)OCc1ncn[nH]1. The van der Waals surface area contributed by atoms with Crippen LogP contribution in [0.5, 0.6) is 0 Å². The summed E-state index contributed by atoms with van der Waals surface area (Å²) >= 11 is 0. The number of carbonyl (C=O) groups is 1. The van der Waals surface area contributed by atoms with Gasteiger partial charge in [-0.1, -0.05) is 0 Å². The van der Waals surface area contributed by atoms with Crippen molar-refractivity contribution >= 4 is 6.09 Å². The molecule has 0 saturated carbocycles. The number of rotatable bonds is 2. The maximum absolute atomic E-state index is 10.0. The lowest BCUT2D eigenvalue weighted by atomic mass is 10.7. The Bertz CT molecular complexity index is 207. The summed E-state index contributed by atoms with van der Waals surface area (Å²) in [4.78, 5) is 13.7. The van der Waals surface area contributed by atoms with E-state index in [2.05, 4.69) is 25.7 Å². The summed E-state index contributed by atoms with van der Waals surface area (Å²) in [5.41, 5.74) is 4.69. The minimum Gasteiger partial charge on any atom is -0.441 e. The van der Waals surface area contributed by atoms with Crippen LogP contribution in [0.4, 0.5) is 4.79 Å². The number of carbonyl (C=O) groups excluding carboxylic acids is 1. The molecule has 0 atom stereocenters. The van der Waals surface area contributed by atoms with Crippen LogP contribution in [0.3, 0.4) is 0 Å². The molecule has 1 amide bonds. The number of aromatic amines is 1. The van der Waals surface area contributed by atoms with Gasteiger partial charge in [0.05, 0.1) is 0 Å². The van der Waals surface area contributed by atoms with E-state index in [1.807, 2.05) is 0 Å². The Kier molecular flexibility index (Phi) is 1.83. The zero-order valence-corrected chi connectivity index (χ0v) is 5.07. The van der Waals surface area contributed by atoms with Gasteiger partial charge in [0.1, 0.15) is 6.33 Å². The summed E-state index contributed by atoms with van der Waals surface area (Å²) in [5, 5.41) is 6.03. The maximum atomic E-state index is 10.0. The number of ether oxygens (including phenoxy) is 1. The Hall–Kier alpha value is -1.59. The highest BCUT2D eigenvalue weighted by Gasteiger charge is 1.97. The van der Waals surface area contributed by atoms with Gasteiger partial charge in [0, 0.05) is 0 Å². The van der Waals surface area contributed by atoms with E-state index in [0.29, 0.717) is 5.82 Å². The molecule has 0 unspecified atom stereocenters. The van der Waals surface area contributed by atoms with Crippen molar-refractivity contribution in [2.24, 2.45) is 5.73 Å². The standard InChI is InChI=1S/C4H6N4O2/c5-4(9)10-1-3-6-2-7-8-3/h2H,1H2,(H2,5,9)(H,6,7,8). The topological polar surface area (TPSA) is 93.9 Å². The lowest BCUT2D eigenvalue weighted by molar-refractivity contribution is 0.147. The van der Waals surface area contributed by atoms with Gasteiger partial charge < -0.3 is 10.5 Å². The Morgan fingerprint density at radius 1 is 1.90 bits per heavy atom. The molecule has 1 aromatic rings. The molecule has 0 saturated heterocycles. The van der Waals surface area contributed by atoms with E-state index >= 15 is 0 Å². The molecular weight excluding hydrogens is 136 g/mol. The predicted octanol–water partition coefficient (Wildman–Crippen LogP) is -0.600. The third-order valence-electron chi connectivity index (χ3n) is 0.816. The van der Waals surface area contributed by atoms with Gasteiger partial charge in [0.25, 0.3) is 0 Å². The van der Waals surface area contributed by atoms with Gasteiger partial charge in [-0.15, -0.1) is 0 Å². The average Bonchev–Trinajstić information content (AvgIpc) is 2.34. The molecule has 0 fully saturated rings. The van der Waals surface area contributed by atoms with Gasteiger partial charge in [-0.25, -0.2) is 9.78 Å². The molecule has 0 bridgehead atoms. The molecular formula is C4H6N4O2. The van der Waals surface area contributed by atoms with Crippen LogP contribution in [0.2, 0.25) is 0 Å². The van der Waals surface area contributed by atoms with E-state index < -0.39 is 6.09 Å². The van der Waals surface area contributed by atoms with E-state index in [1.165, 1.54) is 6.33 Å². The van der Waals surface area contributed by atoms with Gasteiger partial charge in [0.15, 0.2) is 12.4 Å². The quantitative estimate of drug-likeness (QED) is 0.576. The van der Waals surface area contributed by atoms with Crippen molar-refractivity contribution in [3.05, 3.63) is 12.2 Å². The second-order valence-corrected chi connectivity index (χ2v) is 1.54. The van der Waals surface area contributed by atoms with E-state index in [-0.39, 0.29) is 6.61 Å². The summed E-state index contributed by atoms with van der Waals surface area (Å²) in [6.45, 7) is 0.0370. The molecule has 0 radical (unpaired) electrons. The fourth-order valence-electron chi connectivity index (χ4n) is 0.440. The molecule has 54 valence electrons. The molecule has 0 aliphatic carbocycles. The highest BCUT2D eigenvalue weighted by molar-refractivity contribution is 5.64. The van der Waals surface area contributed by atoms with Crippen LogP contribution in [0.1, 0.15) is 5.82 Å². The summed E-state index contributed by atoms with van der Waals surface area (Å²) in [7, 11) is 0. The number of aromatic nitrogens is 3. The fourth-order valence-corrected chi connectivity index (χ4v) is 0.440. The van der Waals surface area contributed by atoms with Crippen LogP contribution in [0.15, 0.2) is 6.33 Å². The highest BCUT2D eigenvalue weighted by atomic mass is 16.5. The van der Waals surface area contributed by atoms with Crippen molar-refractivity contribution in [2.75, 3.05) is 0 Å². The summed E-state index contributed by atoms with van der Waals surface area (Å²) in [6.07, 6.45) is 0.496.